The van der Waals surface area contributed by atoms with Gasteiger partial charge in [-0.05, 0) is 44.0 Å². The third kappa shape index (κ3) is 4.19. The number of benzene rings is 1. The van der Waals surface area contributed by atoms with Crippen LogP contribution in [0.1, 0.15) is 18.4 Å². The number of ether oxygens (including phenoxy) is 1. The Labute approximate surface area is 124 Å². The van der Waals surface area contributed by atoms with Crippen LogP contribution < -0.4 is 20.7 Å². The van der Waals surface area contributed by atoms with Crippen molar-refractivity contribution in [2.75, 3.05) is 25.5 Å². The van der Waals surface area contributed by atoms with Crippen LogP contribution in [0, 0.1) is 6.92 Å². The number of carbonyl (C=O) groups excluding carboxylic acids is 2. The van der Waals surface area contributed by atoms with Crippen molar-refractivity contribution in [3.8, 4) is 5.75 Å². The van der Waals surface area contributed by atoms with Crippen molar-refractivity contribution in [3.63, 3.8) is 0 Å². The van der Waals surface area contributed by atoms with Crippen LogP contribution in [0.5, 0.6) is 5.75 Å². The molecule has 0 aliphatic carbocycles. The molecule has 0 radical (unpaired) electrons. The average molecular weight is 291 g/mol. The first-order valence-electron chi connectivity index (χ1n) is 7.05. The molecule has 21 heavy (non-hydrogen) atoms. The Bertz CT molecular complexity index is 525. The number of carbonyl (C=O) groups is 2. The van der Waals surface area contributed by atoms with E-state index in [1.165, 1.54) is 0 Å². The van der Waals surface area contributed by atoms with Gasteiger partial charge in [-0.25, -0.2) is 0 Å². The number of rotatable bonds is 5. The molecule has 1 atom stereocenters. The summed E-state index contributed by atoms with van der Waals surface area (Å²) in [5.74, 6) is 0.196. The predicted octanol–water partition coefficient (Wildman–Crippen LogP) is 0.810. The molecule has 1 unspecified atom stereocenters. The zero-order valence-electron chi connectivity index (χ0n) is 12.4. The summed E-state index contributed by atoms with van der Waals surface area (Å²) < 4.78 is 5.20. The molecule has 3 N–H and O–H groups in total. The van der Waals surface area contributed by atoms with E-state index in [4.69, 9.17) is 4.74 Å². The summed E-state index contributed by atoms with van der Waals surface area (Å²) in [5.41, 5.74) is 1.63. The Hall–Kier alpha value is -2.08. The monoisotopic (exact) mass is 291 g/mol. The van der Waals surface area contributed by atoms with Crippen LogP contribution in [0.4, 0.5) is 5.69 Å². The molecule has 1 aromatic carbocycles. The summed E-state index contributed by atoms with van der Waals surface area (Å²) in [6.45, 7) is 2.74. The lowest BCUT2D eigenvalue weighted by atomic mass is 10.2. The van der Waals surface area contributed by atoms with Crippen LogP contribution in [-0.4, -0.2) is 38.1 Å². The van der Waals surface area contributed by atoms with E-state index in [2.05, 4.69) is 16.0 Å². The number of hydrogen-bond acceptors (Lipinski definition) is 4. The second kappa shape index (κ2) is 7.08. The Morgan fingerprint density at radius 3 is 2.90 bits per heavy atom. The molecule has 0 spiro atoms. The quantitative estimate of drug-likeness (QED) is 0.750. The highest BCUT2D eigenvalue weighted by Crippen LogP contribution is 2.24. The Morgan fingerprint density at radius 2 is 2.24 bits per heavy atom. The maximum Gasteiger partial charge on any atom is 0.243 e. The normalized spacial score (nSPS) is 17.3. The summed E-state index contributed by atoms with van der Waals surface area (Å²) in [5, 5.41) is 8.48. The molecule has 0 saturated carbocycles. The first-order chi connectivity index (χ1) is 10.1. The van der Waals surface area contributed by atoms with E-state index < -0.39 is 0 Å². The van der Waals surface area contributed by atoms with Crippen molar-refractivity contribution in [2.45, 2.75) is 25.8 Å². The first-order valence-corrected chi connectivity index (χ1v) is 7.05. The molecule has 0 bridgehead atoms. The van der Waals surface area contributed by atoms with Crippen molar-refractivity contribution in [2.24, 2.45) is 0 Å². The van der Waals surface area contributed by atoms with Gasteiger partial charge >= 0.3 is 0 Å². The Morgan fingerprint density at radius 1 is 1.43 bits per heavy atom. The maximum absolute atomic E-state index is 11.9. The van der Waals surface area contributed by atoms with Gasteiger partial charge in [-0.15, -0.1) is 0 Å². The fourth-order valence-electron chi connectivity index (χ4n) is 2.31. The lowest BCUT2D eigenvalue weighted by Crippen LogP contribution is -2.43. The molecular weight excluding hydrogens is 270 g/mol. The summed E-state index contributed by atoms with van der Waals surface area (Å²) in [7, 11) is 1.55. The van der Waals surface area contributed by atoms with Crippen LogP contribution >= 0.6 is 0 Å². The smallest absolute Gasteiger partial charge is 0.243 e. The molecule has 2 rings (SSSR count). The van der Waals surface area contributed by atoms with Crippen LogP contribution in [0.2, 0.25) is 0 Å². The third-order valence-corrected chi connectivity index (χ3v) is 3.43. The number of methoxy groups -OCH3 is 1. The van der Waals surface area contributed by atoms with Crippen molar-refractivity contribution in [3.05, 3.63) is 23.8 Å². The fraction of sp³-hybridized carbons (Fsp3) is 0.467. The molecule has 1 heterocycles. The molecule has 1 fully saturated rings. The zero-order chi connectivity index (χ0) is 15.2. The van der Waals surface area contributed by atoms with Crippen LogP contribution in [-0.2, 0) is 9.59 Å². The van der Waals surface area contributed by atoms with E-state index in [-0.39, 0.29) is 24.4 Å². The van der Waals surface area contributed by atoms with Crippen molar-refractivity contribution < 1.29 is 14.3 Å². The van der Waals surface area contributed by atoms with Gasteiger partial charge in [-0.3, -0.25) is 9.59 Å². The molecular formula is C15H21N3O3. The highest BCUT2D eigenvalue weighted by molar-refractivity contribution is 5.96. The van der Waals surface area contributed by atoms with Crippen molar-refractivity contribution in [1.82, 2.24) is 10.6 Å². The third-order valence-electron chi connectivity index (χ3n) is 3.43. The molecule has 1 aliphatic rings. The molecule has 6 nitrogen and oxygen atoms in total. The van der Waals surface area contributed by atoms with E-state index >= 15 is 0 Å². The summed E-state index contributed by atoms with van der Waals surface area (Å²) >= 11 is 0. The molecule has 6 heteroatoms. The largest absolute Gasteiger partial charge is 0.495 e. The minimum atomic E-state index is -0.273. The molecule has 2 amide bonds. The lowest BCUT2D eigenvalue weighted by Gasteiger charge is -2.13. The minimum Gasteiger partial charge on any atom is -0.495 e. The highest BCUT2D eigenvalue weighted by atomic mass is 16.5. The standard InChI is InChI=1S/C15H21N3O3/c1-10-5-6-13(21-2)12(8-10)18-14(19)9-17-15(20)11-4-3-7-16-11/h5-6,8,11,16H,3-4,7,9H2,1-2H3,(H,17,20)(H,18,19). The van der Waals surface area contributed by atoms with Gasteiger partial charge in [0, 0.05) is 0 Å². The zero-order valence-corrected chi connectivity index (χ0v) is 12.4. The summed E-state index contributed by atoms with van der Waals surface area (Å²) in [6.07, 6.45) is 1.81. The number of anilines is 1. The SMILES string of the molecule is COc1ccc(C)cc1NC(=O)CNC(=O)C1CCCN1. The molecule has 0 aromatic heterocycles. The van der Waals surface area contributed by atoms with E-state index in [1.54, 1.807) is 13.2 Å². The average Bonchev–Trinajstić information content (AvgIpc) is 2.99. The second-order valence-corrected chi connectivity index (χ2v) is 5.12. The summed E-state index contributed by atoms with van der Waals surface area (Å²) in [4.78, 5) is 23.7. The molecule has 1 aromatic rings. The molecule has 1 aliphatic heterocycles. The topological polar surface area (TPSA) is 79.5 Å². The molecule has 1 saturated heterocycles. The van der Waals surface area contributed by atoms with Crippen molar-refractivity contribution in [1.29, 1.82) is 0 Å². The maximum atomic E-state index is 11.9. The van der Waals surface area contributed by atoms with E-state index in [9.17, 15) is 9.59 Å². The van der Waals surface area contributed by atoms with Gasteiger partial charge in [-0.2, -0.15) is 0 Å². The Kier molecular flexibility index (Phi) is 5.16. The van der Waals surface area contributed by atoms with E-state index in [0.29, 0.717) is 11.4 Å². The van der Waals surface area contributed by atoms with Gasteiger partial charge < -0.3 is 20.7 Å². The van der Waals surface area contributed by atoms with Gasteiger partial charge in [0.1, 0.15) is 5.75 Å². The van der Waals surface area contributed by atoms with Gasteiger partial charge in [0.2, 0.25) is 11.8 Å². The number of aryl methyl sites for hydroxylation is 1. The number of nitrogens with one attached hydrogen (secondary N) is 3. The van der Waals surface area contributed by atoms with Crippen LogP contribution in [0.3, 0.4) is 0 Å². The van der Waals surface area contributed by atoms with Gasteiger partial charge in [0.05, 0.1) is 25.4 Å². The highest BCUT2D eigenvalue weighted by Gasteiger charge is 2.22. The molecule has 114 valence electrons. The second-order valence-electron chi connectivity index (χ2n) is 5.12. The summed E-state index contributed by atoms with van der Waals surface area (Å²) in [6, 6.07) is 5.36. The van der Waals surface area contributed by atoms with Crippen molar-refractivity contribution >= 4 is 17.5 Å². The fourth-order valence-corrected chi connectivity index (χ4v) is 2.31. The first kappa shape index (κ1) is 15.3. The predicted molar refractivity (Wildman–Crippen MR) is 80.4 cm³/mol. The van der Waals surface area contributed by atoms with E-state index in [0.717, 1.165) is 24.9 Å². The van der Waals surface area contributed by atoms with Gasteiger partial charge in [0.15, 0.2) is 0 Å². The van der Waals surface area contributed by atoms with E-state index in [1.807, 2.05) is 19.1 Å². The van der Waals surface area contributed by atoms with Crippen LogP contribution in [0.15, 0.2) is 18.2 Å². The van der Waals surface area contributed by atoms with Crippen LogP contribution in [0.25, 0.3) is 0 Å². The number of amides is 2. The van der Waals surface area contributed by atoms with Gasteiger partial charge in [0.25, 0.3) is 0 Å². The van der Waals surface area contributed by atoms with Gasteiger partial charge in [-0.1, -0.05) is 6.07 Å². The Balaban J connectivity index is 1.86. The number of hydrogen-bond donors (Lipinski definition) is 3. The lowest BCUT2D eigenvalue weighted by molar-refractivity contribution is -0.125. The minimum absolute atomic E-state index is 0.0475.